The molecule has 0 spiro atoms. The van der Waals surface area contributed by atoms with Gasteiger partial charge in [0.1, 0.15) is 0 Å². The van der Waals surface area contributed by atoms with Crippen LogP contribution in [0.25, 0.3) is 0 Å². The molecule has 146 valence electrons. The Morgan fingerprint density at radius 1 is 1.37 bits per heavy atom. The predicted octanol–water partition coefficient (Wildman–Crippen LogP) is 3.12. The summed E-state index contributed by atoms with van der Waals surface area (Å²) in [6, 6.07) is -0.0543. The van der Waals surface area contributed by atoms with E-state index >= 15 is 0 Å². The van der Waals surface area contributed by atoms with E-state index in [0.717, 1.165) is 6.54 Å². The van der Waals surface area contributed by atoms with Gasteiger partial charge in [0.05, 0.1) is 29.6 Å². The van der Waals surface area contributed by atoms with E-state index in [0.29, 0.717) is 22.7 Å². The van der Waals surface area contributed by atoms with Gasteiger partial charge in [-0.05, 0) is 31.0 Å². The monoisotopic (exact) mass is 371 g/mol. The summed E-state index contributed by atoms with van der Waals surface area (Å²) in [6.07, 6.45) is 9.03. The van der Waals surface area contributed by atoms with Crippen LogP contribution in [0.2, 0.25) is 0 Å². The first kappa shape index (κ1) is 22.3. The zero-order chi connectivity index (χ0) is 20.4. The summed E-state index contributed by atoms with van der Waals surface area (Å²) in [5.41, 5.74) is 2.32. The van der Waals surface area contributed by atoms with Crippen molar-refractivity contribution in [1.29, 1.82) is 0 Å². The molecule has 0 saturated heterocycles. The smallest absolute Gasteiger partial charge is 0.303 e. The highest BCUT2D eigenvalue weighted by atomic mass is 16.4. The summed E-state index contributed by atoms with van der Waals surface area (Å²) in [6.45, 7) is 14.9. The summed E-state index contributed by atoms with van der Waals surface area (Å²) in [4.78, 5) is 27.3. The van der Waals surface area contributed by atoms with Crippen molar-refractivity contribution in [3.63, 3.8) is 0 Å². The summed E-state index contributed by atoms with van der Waals surface area (Å²) in [5.74, 6) is -1.20. The van der Waals surface area contributed by atoms with Gasteiger partial charge >= 0.3 is 5.97 Å². The lowest BCUT2D eigenvalue weighted by Gasteiger charge is -2.24. The quantitative estimate of drug-likeness (QED) is 0.515. The molecule has 27 heavy (non-hydrogen) atoms. The van der Waals surface area contributed by atoms with Crippen LogP contribution in [0, 0.1) is 5.92 Å². The van der Waals surface area contributed by atoms with Crippen LogP contribution in [0.4, 0.5) is 0 Å². The standard InChI is InChI=1S/C21H29N3O3/c1-6-9-14(3)20(22-7-2)16(5)23-21-15(4)10-8-11-17(21)24-18(25)12-13-19(26)27/h6,8-11,14,20,22H,4-5,7,12-13H2,1-3H3,(H,24,25)(H,26,27)/b9-6-,23-21+. The number of allylic oxidation sites excluding steroid dienone is 5. The number of likely N-dealkylation sites (N-methyl/N-ethyl adjacent to an activating group) is 1. The number of rotatable bonds is 10. The van der Waals surface area contributed by atoms with Crippen molar-refractivity contribution in [2.24, 2.45) is 10.9 Å². The Labute approximate surface area is 161 Å². The minimum Gasteiger partial charge on any atom is -0.481 e. The number of carboxylic acid groups (broad SMARTS) is 1. The number of nitrogens with one attached hydrogen (secondary N) is 2. The molecule has 3 N–H and O–H groups in total. The van der Waals surface area contributed by atoms with Crippen molar-refractivity contribution < 1.29 is 14.7 Å². The van der Waals surface area contributed by atoms with Crippen LogP contribution >= 0.6 is 0 Å². The lowest BCUT2D eigenvalue weighted by atomic mass is 9.97. The van der Waals surface area contributed by atoms with E-state index in [1.54, 1.807) is 18.2 Å². The molecule has 2 atom stereocenters. The highest BCUT2D eigenvalue weighted by Gasteiger charge is 2.21. The van der Waals surface area contributed by atoms with Crippen LogP contribution in [0.3, 0.4) is 0 Å². The van der Waals surface area contributed by atoms with Crippen molar-refractivity contribution in [2.45, 2.75) is 39.7 Å². The van der Waals surface area contributed by atoms with Crippen molar-refractivity contribution in [1.82, 2.24) is 10.6 Å². The highest BCUT2D eigenvalue weighted by Crippen LogP contribution is 2.19. The lowest BCUT2D eigenvalue weighted by Crippen LogP contribution is -2.36. The molecule has 2 unspecified atom stereocenters. The van der Waals surface area contributed by atoms with Gasteiger partial charge in [-0.1, -0.05) is 51.3 Å². The van der Waals surface area contributed by atoms with Crippen LogP contribution in [0.15, 0.2) is 65.5 Å². The van der Waals surface area contributed by atoms with Crippen LogP contribution in [-0.4, -0.2) is 35.3 Å². The van der Waals surface area contributed by atoms with Crippen molar-refractivity contribution >= 4 is 17.6 Å². The molecule has 0 aliphatic heterocycles. The zero-order valence-corrected chi connectivity index (χ0v) is 16.3. The first-order valence-corrected chi connectivity index (χ1v) is 9.03. The highest BCUT2D eigenvalue weighted by molar-refractivity contribution is 6.16. The van der Waals surface area contributed by atoms with Crippen molar-refractivity contribution in [3.05, 3.63) is 60.5 Å². The lowest BCUT2D eigenvalue weighted by molar-refractivity contribution is -0.138. The molecule has 0 fully saturated rings. The van der Waals surface area contributed by atoms with Crippen molar-refractivity contribution in [2.75, 3.05) is 6.54 Å². The van der Waals surface area contributed by atoms with Gasteiger partial charge in [0.15, 0.2) is 0 Å². The summed E-state index contributed by atoms with van der Waals surface area (Å²) in [7, 11) is 0. The Morgan fingerprint density at radius 3 is 2.67 bits per heavy atom. The first-order chi connectivity index (χ1) is 12.8. The number of amides is 1. The largest absolute Gasteiger partial charge is 0.481 e. The van der Waals surface area contributed by atoms with Crippen LogP contribution in [0.5, 0.6) is 0 Å². The maximum Gasteiger partial charge on any atom is 0.303 e. The second kappa shape index (κ2) is 11.1. The van der Waals surface area contributed by atoms with Crippen LogP contribution < -0.4 is 10.6 Å². The minimum absolute atomic E-state index is 0.0543. The van der Waals surface area contributed by atoms with E-state index in [4.69, 9.17) is 5.11 Å². The Balaban J connectivity index is 3.03. The topological polar surface area (TPSA) is 90.8 Å². The van der Waals surface area contributed by atoms with E-state index in [1.165, 1.54) is 0 Å². The fraction of sp³-hybridized carbons (Fsp3) is 0.381. The molecule has 0 heterocycles. The molecule has 0 aromatic rings. The SMILES string of the molecule is C=C1C=CC=C(NC(=O)CCC(=O)O)/C1=N/C(=C)C(NCC)C(C)/C=C\C. The third-order valence-corrected chi connectivity index (χ3v) is 4.02. The molecule has 6 heteroatoms. The molecule has 6 nitrogen and oxygen atoms in total. The predicted molar refractivity (Wildman–Crippen MR) is 109 cm³/mol. The van der Waals surface area contributed by atoms with E-state index < -0.39 is 5.97 Å². The van der Waals surface area contributed by atoms with Gasteiger partial charge in [0.2, 0.25) is 5.91 Å². The normalized spacial score (nSPS) is 17.7. The fourth-order valence-corrected chi connectivity index (χ4v) is 2.71. The van der Waals surface area contributed by atoms with Gasteiger partial charge < -0.3 is 15.7 Å². The van der Waals surface area contributed by atoms with Gasteiger partial charge in [0, 0.05) is 6.42 Å². The molecular formula is C21H29N3O3. The van der Waals surface area contributed by atoms with Gasteiger partial charge in [-0.2, -0.15) is 0 Å². The number of hydrogen-bond acceptors (Lipinski definition) is 4. The maximum absolute atomic E-state index is 12.0. The van der Waals surface area contributed by atoms with E-state index in [9.17, 15) is 9.59 Å². The number of carbonyl (C=O) groups excluding carboxylic acids is 1. The molecule has 1 aliphatic carbocycles. The van der Waals surface area contributed by atoms with Crippen molar-refractivity contribution in [3.8, 4) is 0 Å². The molecule has 0 saturated carbocycles. The Morgan fingerprint density at radius 2 is 2.07 bits per heavy atom. The summed E-state index contributed by atoms with van der Waals surface area (Å²) in [5, 5.41) is 14.8. The number of nitrogens with zero attached hydrogens (tertiary/aromatic N) is 1. The maximum atomic E-state index is 12.0. The van der Waals surface area contributed by atoms with Gasteiger partial charge in [-0.25, -0.2) is 4.99 Å². The third kappa shape index (κ3) is 7.19. The molecule has 1 amide bonds. The van der Waals surface area contributed by atoms with Crippen LogP contribution in [0.1, 0.15) is 33.6 Å². The first-order valence-electron chi connectivity index (χ1n) is 9.03. The molecule has 0 aromatic heterocycles. The Hall–Kier alpha value is -2.73. The molecule has 0 aromatic carbocycles. The molecular weight excluding hydrogens is 342 g/mol. The Kier molecular flexibility index (Phi) is 9.16. The fourth-order valence-electron chi connectivity index (χ4n) is 2.71. The van der Waals surface area contributed by atoms with Crippen LogP contribution in [-0.2, 0) is 9.59 Å². The molecule has 0 bridgehead atoms. The minimum atomic E-state index is -1.01. The number of carbonyl (C=O) groups is 2. The molecule has 1 aliphatic rings. The van der Waals surface area contributed by atoms with Gasteiger partial charge in [-0.15, -0.1) is 0 Å². The average molecular weight is 371 g/mol. The number of aliphatic carboxylic acids is 1. The van der Waals surface area contributed by atoms with E-state index in [2.05, 4.69) is 41.8 Å². The third-order valence-electron chi connectivity index (χ3n) is 4.02. The second-order valence-electron chi connectivity index (χ2n) is 6.28. The van der Waals surface area contributed by atoms with Gasteiger partial charge in [0.25, 0.3) is 0 Å². The van der Waals surface area contributed by atoms with E-state index in [-0.39, 0.29) is 30.7 Å². The Bertz CT molecular complexity index is 714. The second-order valence-corrected chi connectivity index (χ2v) is 6.28. The number of hydrogen-bond donors (Lipinski definition) is 3. The van der Waals surface area contributed by atoms with Gasteiger partial charge in [-0.3, -0.25) is 9.59 Å². The molecule has 0 radical (unpaired) electrons. The summed E-state index contributed by atoms with van der Waals surface area (Å²) >= 11 is 0. The number of carboxylic acids is 1. The molecule has 1 rings (SSSR count). The zero-order valence-electron chi connectivity index (χ0n) is 16.3. The average Bonchev–Trinajstić information content (AvgIpc) is 2.60. The van der Waals surface area contributed by atoms with E-state index in [1.807, 2.05) is 19.9 Å². The number of aliphatic imine (C=N–C) groups is 1. The summed E-state index contributed by atoms with van der Waals surface area (Å²) < 4.78 is 0.